The van der Waals surface area contributed by atoms with Crippen molar-refractivity contribution in [3.63, 3.8) is 0 Å². The standard InChI is InChI=1S/C23H36O5/c1-3-5-6-7-8-9-13-19-15-16-21(24)20(19)14-10-12-18(11-4-2)17-23(27,28)22(25)26/h9-10,13,19-20,27-28H,3-8,11,14-17H2,1-2H3,(H,25,26)/t12?,19-,20+/m0/s1. The van der Waals surface area contributed by atoms with E-state index in [4.69, 9.17) is 5.11 Å². The molecule has 0 unspecified atom stereocenters. The average Bonchev–Trinajstić information content (AvgIpc) is 2.98. The van der Waals surface area contributed by atoms with Gasteiger partial charge in [-0.25, -0.2) is 4.79 Å². The van der Waals surface area contributed by atoms with Crippen LogP contribution in [0.4, 0.5) is 0 Å². The third-order valence-corrected chi connectivity index (χ3v) is 5.29. The number of carboxylic acid groups (broad SMARTS) is 1. The summed E-state index contributed by atoms with van der Waals surface area (Å²) in [5.74, 6) is -4.00. The topological polar surface area (TPSA) is 94.8 Å². The molecule has 0 bridgehead atoms. The molecule has 5 heteroatoms. The predicted molar refractivity (Wildman–Crippen MR) is 110 cm³/mol. The van der Waals surface area contributed by atoms with E-state index in [1.165, 1.54) is 25.7 Å². The lowest BCUT2D eigenvalue weighted by Crippen LogP contribution is -2.38. The highest BCUT2D eigenvalue weighted by atomic mass is 16.5. The lowest BCUT2D eigenvalue weighted by atomic mass is 9.91. The van der Waals surface area contributed by atoms with Crippen LogP contribution in [0.15, 0.2) is 29.5 Å². The van der Waals surface area contributed by atoms with Crippen LogP contribution in [0.25, 0.3) is 0 Å². The Balaban J connectivity index is 2.70. The number of carbonyl (C=O) groups is 2. The number of unbranched alkanes of at least 4 members (excludes halogenated alkanes) is 4. The molecule has 0 heterocycles. The van der Waals surface area contributed by atoms with Gasteiger partial charge in [-0.15, -0.1) is 5.73 Å². The second-order valence-electron chi connectivity index (χ2n) is 7.79. The second kappa shape index (κ2) is 12.7. The third-order valence-electron chi connectivity index (χ3n) is 5.29. The van der Waals surface area contributed by atoms with Gasteiger partial charge in [-0.3, -0.25) is 4.79 Å². The number of allylic oxidation sites excluding steroid dienone is 2. The fourth-order valence-corrected chi connectivity index (χ4v) is 3.65. The largest absolute Gasteiger partial charge is 0.477 e. The Labute approximate surface area is 168 Å². The Morgan fingerprint density at radius 2 is 1.96 bits per heavy atom. The minimum absolute atomic E-state index is 0.0604. The minimum atomic E-state index is -2.78. The lowest BCUT2D eigenvalue weighted by molar-refractivity contribution is -0.202. The second-order valence-corrected chi connectivity index (χ2v) is 7.79. The van der Waals surface area contributed by atoms with Gasteiger partial charge in [0, 0.05) is 18.8 Å². The van der Waals surface area contributed by atoms with E-state index in [1.54, 1.807) is 6.08 Å². The van der Waals surface area contributed by atoms with Crippen molar-refractivity contribution in [2.45, 2.75) is 90.3 Å². The number of carboxylic acids is 1. The highest BCUT2D eigenvalue weighted by Gasteiger charge is 2.34. The summed E-state index contributed by atoms with van der Waals surface area (Å²) in [6, 6.07) is 0. The minimum Gasteiger partial charge on any atom is -0.477 e. The van der Waals surface area contributed by atoms with E-state index >= 15 is 0 Å². The van der Waals surface area contributed by atoms with Gasteiger partial charge >= 0.3 is 5.97 Å². The number of hydrogen-bond donors (Lipinski definition) is 3. The molecule has 0 amide bonds. The number of aliphatic carboxylic acids is 1. The summed E-state index contributed by atoms with van der Waals surface area (Å²) in [6.45, 7) is 4.13. The highest BCUT2D eigenvalue weighted by molar-refractivity contribution is 5.83. The van der Waals surface area contributed by atoms with E-state index in [1.807, 2.05) is 6.92 Å². The van der Waals surface area contributed by atoms with Gasteiger partial charge in [-0.05, 0) is 49.7 Å². The zero-order valence-electron chi connectivity index (χ0n) is 17.3. The molecule has 28 heavy (non-hydrogen) atoms. The first-order valence-electron chi connectivity index (χ1n) is 10.6. The van der Waals surface area contributed by atoms with Crippen molar-refractivity contribution in [2.24, 2.45) is 11.8 Å². The van der Waals surface area contributed by atoms with Gasteiger partial charge in [0.1, 0.15) is 5.78 Å². The molecule has 1 rings (SSSR count). The van der Waals surface area contributed by atoms with Crippen LogP contribution in [-0.2, 0) is 9.59 Å². The van der Waals surface area contributed by atoms with Gasteiger partial charge in [-0.2, -0.15) is 0 Å². The van der Waals surface area contributed by atoms with Crippen molar-refractivity contribution < 1.29 is 24.9 Å². The maximum Gasteiger partial charge on any atom is 0.364 e. The van der Waals surface area contributed by atoms with Gasteiger partial charge in [0.25, 0.3) is 5.79 Å². The van der Waals surface area contributed by atoms with Crippen LogP contribution in [0.1, 0.15) is 84.5 Å². The third kappa shape index (κ3) is 8.55. The van der Waals surface area contributed by atoms with Gasteiger partial charge in [0.05, 0.1) is 0 Å². The van der Waals surface area contributed by atoms with Gasteiger partial charge in [0.2, 0.25) is 0 Å². The monoisotopic (exact) mass is 392 g/mol. The first-order valence-corrected chi connectivity index (χ1v) is 10.6. The number of Topliss-reactive ketones (excluding diaryl/α,β-unsaturated/α-hetero) is 1. The summed E-state index contributed by atoms with van der Waals surface area (Å²) in [5, 5.41) is 28.0. The Bertz CT molecular complexity index is 596. The molecule has 1 saturated carbocycles. The van der Waals surface area contributed by atoms with Crippen LogP contribution in [-0.4, -0.2) is 32.9 Å². The zero-order valence-corrected chi connectivity index (χ0v) is 17.3. The molecular formula is C23H36O5. The molecule has 0 aromatic heterocycles. The Morgan fingerprint density at radius 1 is 1.21 bits per heavy atom. The van der Waals surface area contributed by atoms with E-state index in [0.717, 1.165) is 19.3 Å². The highest BCUT2D eigenvalue weighted by Crippen LogP contribution is 2.33. The lowest BCUT2D eigenvalue weighted by Gasteiger charge is -2.17. The Kier molecular flexibility index (Phi) is 11.1. The van der Waals surface area contributed by atoms with E-state index in [2.05, 4.69) is 24.8 Å². The predicted octanol–water partition coefficient (Wildman–Crippen LogP) is 4.54. The van der Waals surface area contributed by atoms with Crippen LogP contribution in [0.5, 0.6) is 0 Å². The number of rotatable bonds is 13. The van der Waals surface area contributed by atoms with Crippen LogP contribution >= 0.6 is 0 Å². The van der Waals surface area contributed by atoms with E-state index in [0.29, 0.717) is 24.8 Å². The molecule has 0 aliphatic heterocycles. The van der Waals surface area contributed by atoms with E-state index < -0.39 is 11.8 Å². The van der Waals surface area contributed by atoms with Crippen molar-refractivity contribution in [2.75, 3.05) is 0 Å². The maximum atomic E-state index is 12.2. The fraction of sp³-hybridized carbons (Fsp3) is 0.696. The molecule has 0 radical (unpaired) electrons. The number of ketones is 1. The maximum absolute atomic E-state index is 12.2. The molecule has 0 aromatic rings. The van der Waals surface area contributed by atoms with Gasteiger partial charge < -0.3 is 15.3 Å². The molecule has 0 spiro atoms. The van der Waals surface area contributed by atoms with E-state index in [-0.39, 0.29) is 24.0 Å². The molecule has 2 atom stereocenters. The number of aliphatic hydroxyl groups is 2. The molecule has 158 valence electrons. The first kappa shape index (κ1) is 24.4. The molecule has 3 N–H and O–H groups in total. The fourth-order valence-electron chi connectivity index (χ4n) is 3.65. The Morgan fingerprint density at radius 3 is 2.61 bits per heavy atom. The first-order chi connectivity index (χ1) is 13.3. The van der Waals surface area contributed by atoms with Crippen molar-refractivity contribution in [1.82, 2.24) is 0 Å². The summed E-state index contributed by atoms with van der Waals surface area (Å²) >= 11 is 0. The summed E-state index contributed by atoms with van der Waals surface area (Å²) in [6.07, 6.45) is 15.1. The van der Waals surface area contributed by atoms with Crippen molar-refractivity contribution in [1.29, 1.82) is 0 Å². The summed E-state index contributed by atoms with van der Waals surface area (Å²) in [5.41, 5.74) is 3.57. The van der Waals surface area contributed by atoms with Crippen molar-refractivity contribution in [3.8, 4) is 0 Å². The van der Waals surface area contributed by atoms with Crippen LogP contribution in [0.2, 0.25) is 0 Å². The van der Waals surface area contributed by atoms with E-state index in [9.17, 15) is 19.8 Å². The Hall–Kier alpha value is -1.68. The summed E-state index contributed by atoms with van der Waals surface area (Å²) < 4.78 is 0. The quantitative estimate of drug-likeness (QED) is 0.185. The van der Waals surface area contributed by atoms with Gasteiger partial charge in [0.15, 0.2) is 0 Å². The van der Waals surface area contributed by atoms with Crippen LogP contribution in [0, 0.1) is 11.8 Å². The van der Waals surface area contributed by atoms with Crippen molar-refractivity contribution >= 4 is 11.8 Å². The normalized spacial score (nSPS) is 19.8. The van der Waals surface area contributed by atoms with Gasteiger partial charge in [-0.1, -0.05) is 51.7 Å². The molecule has 1 fully saturated rings. The average molecular weight is 393 g/mol. The molecule has 0 aromatic carbocycles. The SMILES string of the molecule is CCCCCCC=C[C@H]1CCC(=O)[C@@H]1CC=C=C(CCC)CC(O)(O)C(=O)O. The number of hydrogen-bond acceptors (Lipinski definition) is 4. The molecule has 0 saturated heterocycles. The van der Waals surface area contributed by atoms with Crippen LogP contribution < -0.4 is 0 Å². The summed E-state index contributed by atoms with van der Waals surface area (Å²) in [4.78, 5) is 23.1. The summed E-state index contributed by atoms with van der Waals surface area (Å²) in [7, 11) is 0. The molecule has 5 nitrogen and oxygen atoms in total. The zero-order chi connectivity index (χ0) is 21.0. The smallest absolute Gasteiger partial charge is 0.364 e. The van der Waals surface area contributed by atoms with Crippen molar-refractivity contribution in [3.05, 3.63) is 29.5 Å². The number of carbonyl (C=O) groups excluding carboxylic acids is 1. The molecular weight excluding hydrogens is 356 g/mol. The molecule has 1 aliphatic rings. The molecule has 1 aliphatic carbocycles. The van der Waals surface area contributed by atoms with Crippen LogP contribution in [0.3, 0.4) is 0 Å².